The molecule has 0 saturated carbocycles. The molecule has 0 bridgehead atoms. The minimum atomic E-state index is -3.79. The number of sulfonamides is 1. The van der Waals surface area contributed by atoms with E-state index in [9.17, 15) is 18.0 Å². The molecule has 1 aliphatic rings. The van der Waals surface area contributed by atoms with Crippen molar-refractivity contribution in [3.8, 4) is 0 Å². The molecule has 1 fully saturated rings. The molecule has 4 rings (SSSR count). The Kier molecular flexibility index (Phi) is 5.40. The van der Waals surface area contributed by atoms with Crippen molar-refractivity contribution < 1.29 is 17.6 Å². The standard InChI is InChI=1S/C21H21N3O5S/c1-14-4-2-6-19(22-14)23-21(26)16-5-3-11-24(13-16)30(27,28)17-8-9-18-15(12-17)7-10-20(25)29-18/h2,4,6-10,12,16H,3,5,11,13H2,1H3,(H,22,23,26). The number of anilines is 1. The fourth-order valence-corrected chi connectivity index (χ4v) is 5.13. The van der Waals surface area contributed by atoms with Crippen LogP contribution in [0.25, 0.3) is 11.0 Å². The van der Waals surface area contributed by atoms with Crippen molar-refractivity contribution in [2.75, 3.05) is 18.4 Å². The van der Waals surface area contributed by atoms with Gasteiger partial charge in [0.2, 0.25) is 15.9 Å². The summed E-state index contributed by atoms with van der Waals surface area (Å²) in [5.41, 5.74) is 0.613. The number of fused-ring (bicyclic) bond motifs is 1. The number of hydrogen-bond acceptors (Lipinski definition) is 6. The van der Waals surface area contributed by atoms with Gasteiger partial charge in [0.05, 0.1) is 10.8 Å². The fourth-order valence-electron chi connectivity index (χ4n) is 3.58. The van der Waals surface area contributed by atoms with Gasteiger partial charge in [-0.2, -0.15) is 4.31 Å². The summed E-state index contributed by atoms with van der Waals surface area (Å²) in [6, 6.07) is 12.5. The number of aryl methyl sites for hydroxylation is 1. The van der Waals surface area contributed by atoms with Gasteiger partial charge in [-0.25, -0.2) is 18.2 Å². The van der Waals surface area contributed by atoms with Crippen molar-refractivity contribution in [1.82, 2.24) is 9.29 Å². The monoisotopic (exact) mass is 427 g/mol. The highest BCUT2D eigenvalue weighted by Gasteiger charge is 2.33. The Labute approximate surface area is 173 Å². The molecule has 1 amide bonds. The van der Waals surface area contributed by atoms with Gasteiger partial charge in [0.15, 0.2) is 0 Å². The number of piperidine rings is 1. The summed E-state index contributed by atoms with van der Waals surface area (Å²) in [6.07, 6.45) is 1.19. The van der Waals surface area contributed by atoms with Crippen molar-refractivity contribution in [2.24, 2.45) is 5.92 Å². The first-order chi connectivity index (χ1) is 14.3. The molecular formula is C21H21N3O5S. The summed E-state index contributed by atoms with van der Waals surface area (Å²) in [6.45, 7) is 2.28. The van der Waals surface area contributed by atoms with Gasteiger partial charge in [-0.15, -0.1) is 0 Å². The zero-order valence-corrected chi connectivity index (χ0v) is 17.2. The Morgan fingerprint density at radius 3 is 2.83 bits per heavy atom. The number of aromatic nitrogens is 1. The summed E-state index contributed by atoms with van der Waals surface area (Å²) in [5, 5.41) is 3.30. The maximum Gasteiger partial charge on any atom is 0.336 e. The van der Waals surface area contributed by atoms with Crippen molar-refractivity contribution in [2.45, 2.75) is 24.7 Å². The van der Waals surface area contributed by atoms with Gasteiger partial charge in [-0.05, 0) is 56.2 Å². The largest absolute Gasteiger partial charge is 0.423 e. The van der Waals surface area contributed by atoms with Crippen LogP contribution < -0.4 is 10.9 Å². The van der Waals surface area contributed by atoms with Crippen LogP contribution in [0.5, 0.6) is 0 Å². The highest BCUT2D eigenvalue weighted by molar-refractivity contribution is 7.89. The lowest BCUT2D eigenvalue weighted by Crippen LogP contribution is -2.43. The van der Waals surface area contributed by atoms with Crippen LogP contribution in [0.4, 0.5) is 5.82 Å². The molecule has 3 heterocycles. The van der Waals surface area contributed by atoms with E-state index in [0.29, 0.717) is 36.2 Å². The van der Waals surface area contributed by atoms with Crippen LogP contribution in [0.1, 0.15) is 18.5 Å². The number of nitrogens with zero attached hydrogens (tertiary/aromatic N) is 2. The van der Waals surface area contributed by atoms with Gasteiger partial charge in [-0.1, -0.05) is 6.07 Å². The SMILES string of the molecule is Cc1cccc(NC(=O)C2CCCN(S(=O)(=O)c3ccc4oc(=O)ccc4c3)C2)n1. The van der Waals surface area contributed by atoms with E-state index >= 15 is 0 Å². The lowest BCUT2D eigenvalue weighted by atomic mass is 9.99. The number of benzene rings is 1. The van der Waals surface area contributed by atoms with Crippen LogP contribution in [0, 0.1) is 12.8 Å². The van der Waals surface area contributed by atoms with Crippen molar-refractivity contribution in [1.29, 1.82) is 0 Å². The van der Waals surface area contributed by atoms with E-state index < -0.39 is 21.6 Å². The van der Waals surface area contributed by atoms with E-state index in [1.54, 1.807) is 12.1 Å². The van der Waals surface area contributed by atoms with Gasteiger partial charge in [-0.3, -0.25) is 4.79 Å². The average molecular weight is 427 g/mol. The lowest BCUT2D eigenvalue weighted by Gasteiger charge is -2.31. The molecule has 1 N–H and O–H groups in total. The van der Waals surface area contributed by atoms with Crippen LogP contribution >= 0.6 is 0 Å². The maximum atomic E-state index is 13.2. The van der Waals surface area contributed by atoms with E-state index in [1.807, 2.05) is 13.0 Å². The number of nitrogens with one attached hydrogen (secondary N) is 1. The molecule has 2 aromatic heterocycles. The first kappa shape index (κ1) is 20.2. The number of pyridine rings is 1. The first-order valence-corrected chi connectivity index (χ1v) is 11.1. The molecule has 3 aromatic rings. The molecule has 1 aliphatic heterocycles. The van der Waals surface area contributed by atoms with Gasteiger partial charge < -0.3 is 9.73 Å². The summed E-state index contributed by atoms with van der Waals surface area (Å²) >= 11 is 0. The summed E-state index contributed by atoms with van der Waals surface area (Å²) in [7, 11) is -3.79. The van der Waals surface area contributed by atoms with E-state index in [2.05, 4.69) is 10.3 Å². The van der Waals surface area contributed by atoms with Crippen LogP contribution in [-0.2, 0) is 14.8 Å². The van der Waals surface area contributed by atoms with Gasteiger partial charge in [0, 0.05) is 30.2 Å². The number of amides is 1. The third-order valence-electron chi connectivity index (χ3n) is 5.12. The van der Waals surface area contributed by atoms with E-state index in [4.69, 9.17) is 4.42 Å². The smallest absolute Gasteiger partial charge is 0.336 e. The predicted molar refractivity (Wildman–Crippen MR) is 112 cm³/mol. The third kappa shape index (κ3) is 4.12. The Bertz CT molecular complexity index is 1270. The fraction of sp³-hybridized carbons (Fsp3) is 0.286. The van der Waals surface area contributed by atoms with E-state index in [1.165, 1.54) is 34.6 Å². The number of carbonyl (C=O) groups is 1. The molecule has 1 atom stereocenters. The molecule has 30 heavy (non-hydrogen) atoms. The zero-order valence-electron chi connectivity index (χ0n) is 16.4. The highest BCUT2D eigenvalue weighted by Crippen LogP contribution is 2.26. The van der Waals surface area contributed by atoms with E-state index in [0.717, 1.165) is 5.69 Å². The molecule has 156 valence electrons. The third-order valence-corrected chi connectivity index (χ3v) is 6.98. The maximum absolute atomic E-state index is 13.2. The van der Waals surface area contributed by atoms with Crippen LogP contribution in [0.15, 0.2) is 62.6 Å². The predicted octanol–water partition coefficient (Wildman–Crippen LogP) is 2.54. The van der Waals surface area contributed by atoms with Gasteiger partial charge in [0.1, 0.15) is 11.4 Å². The first-order valence-electron chi connectivity index (χ1n) is 9.61. The number of rotatable bonds is 4. The average Bonchev–Trinajstić information content (AvgIpc) is 2.73. The van der Waals surface area contributed by atoms with Crippen LogP contribution in [0.2, 0.25) is 0 Å². The minimum absolute atomic E-state index is 0.0991. The number of carbonyl (C=O) groups excluding carboxylic acids is 1. The summed E-state index contributed by atoms with van der Waals surface area (Å²) < 4.78 is 32.7. The molecule has 1 saturated heterocycles. The second-order valence-electron chi connectivity index (χ2n) is 7.31. The van der Waals surface area contributed by atoms with E-state index in [-0.39, 0.29) is 17.3 Å². The summed E-state index contributed by atoms with van der Waals surface area (Å²) in [4.78, 5) is 28.4. The highest BCUT2D eigenvalue weighted by atomic mass is 32.2. The normalized spacial score (nSPS) is 17.7. The molecule has 9 heteroatoms. The number of hydrogen-bond donors (Lipinski definition) is 1. The molecule has 1 aromatic carbocycles. The van der Waals surface area contributed by atoms with Gasteiger partial charge >= 0.3 is 5.63 Å². The molecule has 0 spiro atoms. The molecule has 0 radical (unpaired) electrons. The molecule has 8 nitrogen and oxygen atoms in total. The molecular weight excluding hydrogens is 406 g/mol. The Hall–Kier alpha value is -3.04. The second-order valence-corrected chi connectivity index (χ2v) is 9.25. The van der Waals surface area contributed by atoms with Crippen LogP contribution in [-0.4, -0.2) is 36.7 Å². The Balaban J connectivity index is 1.53. The van der Waals surface area contributed by atoms with Gasteiger partial charge in [0.25, 0.3) is 0 Å². The quantitative estimate of drug-likeness (QED) is 0.641. The zero-order chi connectivity index (χ0) is 21.3. The Morgan fingerprint density at radius 1 is 1.20 bits per heavy atom. The second kappa shape index (κ2) is 8.00. The van der Waals surface area contributed by atoms with Crippen molar-refractivity contribution in [3.05, 3.63) is 64.6 Å². The Morgan fingerprint density at radius 2 is 2.03 bits per heavy atom. The molecule has 0 aliphatic carbocycles. The van der Waals surface area contributed by atoms with Crippen LogP contribution in [0.3, 0.4) is 0 Å². The lowest BCUT2D eigenvalue weighted by molar-refractivity contribution is -0.120. The topological polar surface area (TPSA) is 110 Å². The summed E-state index contributed by atoms with van der Waals surface area (Å²) in [5.74, 6) is -0.251. The van der Waals surface area contributed by atoms with Crippen molar-refractivity contribution in [3.63, 3.8) is 0 Å². The minimum Gasteiger partial charge on any atom is -0.423 e. The van der Waals surface area contributed by atoms with Crippen molar-refractivity contribution >= 4 is 32.7 Å². The molecule has 1 unspecified atom stereocenters.